The van der Waals surface area contributed by atoms with Gasteiger partial charge >= 0.3 is 0 Å². The molecule has 6 rings (SSSR count). The molecular weight excluding hydrogens is 320 g/mol. The van der Waals surface area contributed by atoms with Crippen molar-refractivity contribution < 1.29 is 8.83 Å². The van der Waals surface area contributed by atoms with Gasteiger partial charge in [0.1, 0.15) is 16.9 Å². The van der Waals surface area contributed by atoms with Crippen LogP contribution in [0.4, 0.5) is 0 Å². The van der Waals surface area contributed by atoms with E-state index >= 15 is 0 Å². The van der Waals surface area contributed by atoms with Crippen LogP contribution in [0, 0.1) is 0 Å². The second-order valence-electron chi connectivity index (χ2n) is 6.86. The van der Waals surface area contributed by atoms with Gasteiger partial charge in [-0.15, -0.1) is 0 Å². The van der Waals surface area contributed by atoms with Crippen LogP contribution < -0.4 is 0 Å². The summed E-state index contributed by atoms with van der Waals surface area (Å²) in [6, 6.07) is 21.7. The molecule has 2 heterocycles. The van der Waals surface area contributed by atoms with Crippen LogP contribution in [-0.4, -0.2) is 0 Å². The average molecular weight is 336 g/mol. The van der Waals surface area contributed by atoms with E-state index in [1.807, 2.05) is 6.07 Å². The molecule has 0 unspecified atom stereocenters. The van der Waals surface area contributed by atoms with E-state index in [0.717, 1.165) is 23.3 Å². The summed E-state index contributed by atoms with van der Waals surface area (Å²) >= 11 is 0. The summed E-state index contributed by atoms with van der Waals surface area (Å²) in [5.41, 5.74) is 1.90. The highest BCUT2D eigenvalue weighted by molar-refractivity contribution is 6.24. The van der Waals surface area contributed by atoms with Crippen LogP contribution in [0.2, 0.25) is 0 Å². The predicted molar refractivity (Wildman–Crippen MR) is 108 cm³/mol. The Morgan fingerprint density at radius 2 is 1.12 bits per heavy atom. The van der Waals surface area contributed by atoms with Gasteiger partial charge in [0, 0.05) is 17.2 Å². The van der Waals surface area contributed by atoms with E-state index in [2.05, 4.69) is 61.5 Å². The molecule has 0 N–H and O–H groups in total. The van der Waals surface area contributed by atoms with Gasteiger partial charge in [-0.2, -0.15) is 0 Å². The topological polar surface area (TPSA) is 26.3 Å². The molecule has 0 fully saturated rings. The Morgan fingerprint density at radius 3 is 1.77 bits per heavy atom. The first-order valence-corrected chi connectivity index (χ1v) is 9.00. The standard InChI is InChI=1S/C24H16O2/c1-2-14-13-22-20-6-4-15-16(18(20)8-10-24(22)26-14)3-5-19-17(15)7-9-23-21(19)11-12-25-23/h3-13H,2H2,1H3. The van der Waals surface area contributed by atoms with Crippen molar-refractivity contribution in [2.45, 2.75) is 13.3 Å². The summed E-state index contributed by atoms with van der Waals surface area (Å²) in [6.07, 6.45) is 2.67. The maximum absolute atomic E-state index is 5.94. The molecule has 0 saturated carbocycles. The zero-order valence-corrected chi connectivity index (χ0v) is 14.4. The lowest BCUT2D eigenvalue weighted by molar-refractivity contribution is 0.557. The van der Waals surface area contributed by atoms with Crippen LogP contribution in [0.1, 0.15) is 12.7 Å². The minimum Gasteiger partial charge on any atom is -0.464 e. The summed E-state index contributed by atoms with van der Waals surface area (Å²) in [6.45, 7) is 2.12. The summed E-state index contributed by atoms with van der Waals surface area (Å²) < 4.78 is 11.5. The van der Waals surface area contributed by atoms with Gasteiger partial charge in [-0.25, -0.2) is 0 Å². The normalized spacial score (nSPS) is 12.2. The highest BCUT2D eigenvalue weighted by atomic mass is 16.3. The first-order valence-electron chi connectivity index (χ1n) is 9.00. The number of rotatable bonds is 1. The summed E-state index contributed by atoms with van der Waals surface area (Å²) in [5, 5.41) is 9.94. The second-order valence-corrected chi connectivity index (χ2v) is 6.86. The number of aryl methyl sites for hydroxylation is 1. The van der Waals surface area contributed by atoms with E-state index in [1.54, 1.807) is 6.26 Å². The Bertz CT molecular complexity index is 1460. The van der Waals surface area contributed by atoms with E-state index in [9.17, 15) is 0 Å². The third kappa shape index (κ3) is 1.71. The first-order chi connectivity index (χ1) is 12.8. The number of hydrogen-bond acceptors (Lipinski definition) is 2. The molecule has 0 spiro atoms. The number of furan rings is 2. The fraction of sp³-hybridized carbons (Fsp3) is 0.0833. The Morgan fingerprint density at radius 1 is 0.577 bits per heavy atom. The number of hydrogen-bond donors (Lipinski definition) is 0. The number of fused-ring (bicyclic) bond motifs is 9. The molecule has 0 aliphatic heterocycles. The molecule has 124 valence electrons. The Hall–Kier alpha value is -3.26. The van der Waals surface area contributed by atoms with Crippen molar-refractivity contribution in [1.82, 2.24) is 0 Å². The van der Waals surface area contributed by atoms with Gasteiger partial charge in [-0.3, -0.25) is 0 Å². The zero-order valence-electron chi connectivity index (χ0n) is 14.4. The Balaban J connectivity index is 1.79. The lowest BCUT2D eigenvalue weighted by atomic mass is 9.95. The first kappa shape index (κ1) is 14.0. The molecule has 0 aliphatic carbocycles. The maximum Gasteiger partial charge on any atom is 0.134 e. The van der Waals surface area contributed by atoms with Gasteiger partial charge in [-0.1, -0.05) is 43.3 Å². The van der Waals surface area contributed by atoms with Crippen molar-refractivity contribution in [3.63, 3.8) is 0 Å². The third-order valence-electron chi connectivity index (χ3n) is 5.52. The molecule has 2 nitrogen and oxygen atoms in total. The van der Waals surface area contributed by atoms with Gasteiger partial charge < -0.3 is 8.83 Å². The summed E-state index contributed by atoms with van der Waals surface area (Å²) in [4.78, 5) is 0. The predicted octanol–water partition coefficient (Wildman–Crippen LogP) is 7.20. The molecule has 0 amide bonds. The Labute approximate surface area is 149 Å². The van der Waals surface area contributed by atoms with Crippen LogP contribution in [0.15, 0.2) is 75.8 Å². The minimum atomic E-state index is 0.912. The lowest BCUT2D eigenvalue weighted by Crippen LogP contribution is -1.82. The molecule has 2 heteroatoms. The van der Waals surface area contributed by atoms with E-state index in [0.29, 0.717) is 0 Å². The van der Waals surface area contributed by atoms with Gasteiger partial charge in [0.15, 0.2) is 0 Å². The molecule has 4 aromatic carbocycles. The number of benzene rings is 4. The van der Waals surface area contributed by atoms with Crippen LogP contribution in [0.3, 0.4) is 0 Å². The maximum atomic E-state index is 5.94. The van der Waals surface area contributed by atoms with Gasteiger partial charge in [0.2, 0.25) is 0 Å². The SMILES string of the molecule is CCc1cc2c(ccc3c2ccc2c4ccc5occc5c4ccc32)o1. The monoisotopic (exact) mass is 336 g/mol. The molecule has 0 atom stereocenters. The fourth-order valence-corrected chi connectivity index (χ4v) is 4.24. The van der Waals surface area contributed by atoms with Crippen LogP contribution in [-0.2, 0) is 6.42 Å². The van der Waals surface area contributed by atoms with E-state index in [4.69, 9.17) is 8.83 Å². The molecule has 0 bridgehead atoms. The van der Waals surface area contributed by atoms with Crippen molar-refractivity contribution in [2.24, 2.45) is 0 Å². The quantitative estimate of drug-likeness (QED) is 0.297. The molecule has 26 heavy (non-hydrogen) atoms. The molecular formula is C24H16O2. The molecule has 0 saturated heterocycles. The van der Waals surface area contributed by atoms with Crippen molar-refractivity contribution in [2.75, 3.05) is 0 Å². The summed E-state index contributed by atoms with van der Waals surface area (Å²) in [7, 11) is 0. The van der Waals surface area contributed by atoms with Gasteiger partial charge in [0.25, 0.3) is 0 Å². The van der Waals surface area contributed by atoms with Gasteiger partial charge in [-0.05, 0) is 56.6 Å². The van der Waals surface area contributed by atoms with E-state index in [-0.39, 0.29) is 0 Å². The van der Waals surface area contributed by atoms with Crippen molar-refractivity contribution in [1.29, 1.82) is 0 Å². The smallest absolute Gasteiger partial charge is 0.134 e. The molecule has 2 aromatic heterocycles. The average Bonchev–Trinajstić information content (AvgIpc) is 3.33. The lowest BCUT2D eigenvalue weighted by Gasteiger charge is -2.08. The van der Waals surface area contributed by atoms with Crippen molar-refractivity contribution in [3.05, 3.63) is 72.7 Å². The summed E-state index contributed by atoms with van der Waals surface area (Å²) in [5.74, 6) is 1.04. The largest absolute Gasteiger partial charge is 0.464 e. The third-order valence-corrected chi connectivity index (χ3v) is 5.52. The molecule has 6 aromatic rings. The molecule has 0 aliphatic rings. The van der Waals surface area contributed by atoms with Crippen LogP contribution >= 0.6 is 0 Å². The fourth-order valence-electron chi connectivity index (χ4n) is 4.24. The highest BCUT2D eigenvalue weighted by Crippen LogP contribution is 2.37. The highest BCUT2D eigenvalue weighted by Gasteiger charge is 2.11. The zero-order chi connectivity index (χ0) is 17.3. The van der Waals surface area contributed by atoms with Crippen molar-refractivity contribution in [3.8, 4) is 0 Å². The minimum absolute atomic E-state index is 0.912. The van der Waals surface area contributed by atoms with Crippen LogP contribution in [0.5, 0.6) is 0 Å². The van der Waals surface area contributed by atoms with Crippen LogP contribution in [0.25, 0.3) is 54.3 Å². The van der Waals surface area contributed by atoms with Crippen molar-refractivity contribution >= 4 is 54.3 Å². The van der Waals surface area contributed by atoms with E-state index in [1.165, 1.54) is 43.1 Å². The van der Waals surface area contributed by atoms with Gasteiger partial charge in [0.05, 0.1) is 6.26 Å². The molecule has 0 radical (unpaired) electrons. The second kappa shape index (κ2) is 4.89. The van der Waals surface area contributed by atoms with E-state index < -0.39 is 0 Å². The Kier molecular flexibility index (Phi) is 2.63.